The summed E-state index contributed by atoms with van der Waals surface area (Å²) >= 11 is 12.2. The van der Waals surface area contributed by atoms with Crippen LogP contribution in [-0.2, 0) is 19.7 Å². The van der Waals surface area contributed by atoms with Crippen LogP contribution >= 0.6 is 23.2 Å². The Kier molecular flexibility index (Phi) is 6.09. The van der Waals surface area contributed by atoms with Crippen LogP contribution in [-0.4, -0.2) is 20.2 Å². The van der Waals surface area contributed by atoms with Crippen molar-refractivity contribution in [3.63, 3.8) is 0 Å². The maximum atomic E-state index is 6.14. The molecule has 0 aliphatic carbocycles. The van der Waals surface area contributed by atoms with E-state index in [4.69, 9.17) is 27.9 Å². The van der Waals surface area contributed by atoms with Crippen molar-refractivity contribution >= 4 is 29.2 Å². The summed E-state index contributed by atoms with van der Waals surface area (Å²) < 4.78 is 7.56. The average molecular weight is 390 g/mol. The highest BCUT2D eigenvalue weighted by Crippen LogP contribution is 2.25. The Morgan fingerprint density at radius 2 is 2.00 bits per heavy atom. The second-order valence-electron chi connectivity index (χ2n) is 5.50. The quantitative estimate of drug-likeness (QED) is 0.579. The number of nitrogens with one attached hydrogen (secondary N) is 1. The third kappa shape index (κ3) is 4.74. The molecule has 1 aromatic heterocycles. The van der Waals surface area contributed by atoms with Gasteiger partial charge in [0.05, 0.1) is 6.54 Å². The van der Waals surface area contributed by atoms with Crippen molar-refractivity contribution in [3.05, 3.63) is 76.3 Å². The summed E-state index contributed by atoms with van der Waals surface area (Å²) in [6.45, 7) is 5.07. The fraction of sp³-hybridized carbons (Fsp3) is 0.167. The predicted octanol–water partition coefficient (Wildman–Crippen LogP) is 4.36. The first-order valence-electron chi connectivity index (χ1n) is 7.92. The van der Waals surface area contributed by atoms with Gasteiger partial charge in [-0.1, -0.05) is 46.5 Å². The molecule has 0 fully saturated rings. The van der Waals surface area contributed by atoms with Gasteiger partial charge >= 0.3 is 0 Å². The Hall–Kier alpha value is -2.57. The van der Waals surface area contributed by atoms with Gasteiger partial charge in [0.1, 0.15) is 12.4 Å². The molecule has 26 heavy (non-hydrogen) atoms. The van der Waals surface area contributed by atoms with Gasteiger partial charge in [-0.2, -0.15) is 0 Å². The van der Waals surface area contributed by atoms with Gasteiger partial charge in [-0.15, -0.1) is 6.58 Å². The maximum absolute atomic E-state index is 6.14. The number of hydrogen-bond acceptors (Lipinski definition) is 5. The van der Waals surface area contributed by atoms with Crippen LogP contribution in [0.2, 0.25) is 10.0 Å². The van der Waals surface area contributed by atoms with Gasteiger partial charge in [0.15, 0.2) is 0 Å². The lowest BCUT2D eigenvalue weighted by molar-refractivity contribution is 0.303. The van der Waals surface area contributed by atoms with E-state index in [1.54, 1.807) is 16.8 Å². The fourth-order valence-corrected chi connectivity index (χ4v) is 2.77. The molecule has 0 aliphatic rings. The topological polar surface area (TPSA) is 64.9 Å². The Balaban J connectivity index is 1.71. The summed E-state index contributed by atoms with van der Waals surface area (Å²) in [5.74, 6) is 1.27. The molecule has 1 heterocycles. The minimum atomic E-state index is 0.406. The molecule has 8 heteroatoms. The second-order valence-corrected chi connectivity index (χ2v) is 6.37. The average Bonchev–Trinajstić information content (AvgIpc) is 3.07. The molecule has 2 aromatic carbocycles. The number of allylic oxidation sites excluding steroid dienone is 1. The monoisotopic (exact) mass is 389 g/mol. The van der Waals surface area contributed by atoms with Gasteiger partial charge in [0.25, 0.3) is 0 Å². The first-order valence-corrected chi connectivity index (χ1v) is 8.68. The Bertz CT molecular complexity index is 897. The molecule has 1 N–H and O–H groups in total. The van der Waals surface area contributed by atoms with Crippen molar-refractivity contribution in [1.82, 2.24) is 20.2 Å². The zero-order valence-electron chi connectivity index (χ0n) is 13.9. The number of nitrogens with zero attached hydrogens (tertiary/aromatic N) is 4. The maximum Gasteiger partial charge on any atom is 0.243 e. The van der Waals surface area contributed by atoms with Crippen LogP contribution in [0.1, 0.15) is 11.1 Å². The van der Waals surface area contributed by atoms with Gasteiger partial charge in [-0.3, -0.25) is 0 Å². The van der Waals surface area contributed by atoms with Crippen molar-refractivity contribution in [2.45, 2.75) is 19.7 Å². The van der Waals surface area contributed by atoms with Gasteiger partial charge in [-0.05, 0) is 46.3 Å². The number of halogens is 2. The molecular weight excluding hydrogens is 373 g/mol. The van der Waals surface area contributed by atoms with E-state index in [1.165, 1.54) is 0 Å². The van der Waals surface area contributed by atoms with Gasteiger partial charge in [-0.25, -0.2) is 4.68 Å². The number of aromatic nitrogens is 4. The van der Waals surface area contributed by atoms with Crippen LogP contribution in [0.4, 0.5) is 5.95 Å². The van der Waals surface area contributed by atoms with Crippen LogP contribution in [0.15, 0.2) is 55.1 Å². The first kappa shape index (κ1) is 18.2. The van der Waals surface area contributed by atoms with E-state index in [-0.39, 0.29) is 0 Å². The Morgan fingerprint density at radius 1 is 1.15 bits per heavy atom. The van der Waals surface area contributed by atoms with Crippen LogP contribution in [0.5, 0.6) is 5.75 Å². The number of benzene rings is 2. The SMILES string of the molecule is C=CCn1nnnc1NCc1cc(Cl)ccc1OCc1cccc(Cl)c1. The molecular formula is C18H17Cl2N5O. The minimum Gasteiger partial charge on any atom is -0.489 e. The normalized spacial score (nSPS) is 10.5. The van der Waals surface area contributed by atoms with Crippen molar-refractivity contribution in [3.8, 4) is 5.75 Å². The summed E-state index contributed by atoms with van der Waals surface area (Å²) in [6.07, 6.45) is 1.72. The smallest absolute Gasteiger partial charge is 0.243 e. The van der Waals surface area contributed by atoms with E-state index in [0.29, 0.717) is 35.7 Å². The van der Waals surface area contributed by atoms with Crippen LogP contribution in [0.25, 0.3) is 0 Å². The number of tetrazole rings is 1. The summed E-state index contributed by atoms with van der Waals surface area (Å²) in [5, 5.41) is 16.0. The van der Waals surface area contributed by atoms with Crippen molar-refractivity contribution in [1.29, 1.82) is 0 Å². The van der Waals surface area contributed by atoms with Crippen LogP contribution in [0.3, 0.4) is 0 Å². The van der Waals surface area contributed by atoms with E-state index < -0.39 is 0 Å². The third-order valence-electron chi connectivity index (χ3n) is 3.58. The lowest BCUT2D eigenvalue weighted by Gasteiger charge is -2.13. The molecule has 0 saturated carbocycles. The summed E-state index contributed by atoms with van der Waals surface area (Å²) in [4.78, 5) is 0. The zero-order chi connectivity index (χ0) is 18.4. The highest BCUT2D eigenvalue weighted by molar-refractivity contribution is 6.30. The standard InChI is InChI=1S/C18H17Cl2N5O/c1-2-8-25-18(22-23-24-25)21-11-14-10-16(20)6-7-17(14)26-12-13-4-3-5-15(19)9-13/h2-7,9-10H,1,8,11-12H2,(H,21,22,24). The molecule has 0 amide bonds. The first-order chi connectivity index (χ1) is 12.7. The largest absolute Gasteiger partial charge is 0.489 e. The molecule has 0 bridgehead atoms. The lowest BCUT2D eigenvalue weighted by Crippen LogP contribution is -2.09. The van der Waals surface area contributed by atoms with E-state index in [0.717, 1.165) is 16.9 Å². The zero-order valence-corrected chi connectivity index (χ0v) is 15.4. The molecule has 0 saturated heterocycles. The van der Waals surface area contributed by atoms with Crippen molar-refractivity contribution in [2.24, 2.45) is 0 Å². The molecule has 0 unspecified atom stereocenters. The number of hydrogen-bond donors (Lipinski definition) is 1. The van der Waals surface area contributed by atoms with E-state index >= 15 is 0 Å². The van der Waals surface area contributed by atoms with Crippen LogP contribution in [0, 0.1) is 0 Å². The van der Waals surface area contributed by atoms with Crippen LogP contribution < -0.4 is 10.1 Å². The Morgan fingerprint density at radius 3 is 2.81 bits per heavy atom. The number of rotatable bonds is 8. The van der Waals surface area contributed by atoms with E-state index in [9.17, 15) is 0 Å². The molecule has 3 aromatic rings. The molecule has 6 nitrogen and oxygen atoms in total. The lowest BCUT2D eigenvalue weighted by atomic mass is 10.2. The predicted molar refractivity (Wildman–Crippen MR) is 103 cm³/mol. The third-order valence-corrected chi connectivity index (χ3v) is 4.05. The highest BCUT2D eigenvalue weighted by atomic mass is 35.5. The molecule has 0 radical (unpaired) electrons. The Labute approximate surface area is 161 Å². The molecule has 0 aliphatic heterocycles. The number of anilines is 1. The molecule has 3 rings (SSSR count). The highest BCUT2D eigenvalue weighted by Gasteiger charge is 2.09. The number of ether oxygens (including phenoxy) is 1. The minimum absolute atomic E-state index is 0.406. The van der Waals surface area contributed by atoms with E-state index in [2.05, 4.69) is 27.4 Å². The summed E-state index contributed by atoms with van der Waals surface area (Å²) in [6, 6.07) is 13.0. The fourth-order valence-electron chi connectivity index (χ4n) is 2.37. The molecule has 0 spiro atoms. The molecule has 0 atom stereocenters. The molecule has 134 valence electrons. The summed E-state index contributed by atoms with van der Waals surface area (Å²) in [7, 11) is 0. The second kappa shape index (κ2) is 8.69. The van der Waals surface area contributed by atoms with Gasteiger partial charge in [0.2, 0.25) is 5.95 Å². The summed E-state index contributed by atoms with van der Waals surface area (Å²) in [5.41, 5.74) is 1.88. The van der Waals surface area contributed by atoms with Crippen molar-refractivity contribution in [2.75, 3.05) is 5.32 Å². The van der Waals surface area contributed by atoms with E-state index in [1.807, 2.05) is 36.4 Å². The van der Waals surface area contributed by atoms with Crippen molar-refractivity contribution < 1.29 is 4.74 Å². The van der Waals surface area contributed by atoms with Gasteiger partial charge < -0.3 is 10.1 Å². The van der Waals surface area contributed by atoms with Gasteiger partial charge in [0, 0.05) is 22.2 Å².